The number of halogens is 1. The number of furan rings is 1. The predicted octanol–water partition coefficient (Wildman–Crippen LogP) is 3.70. The van der Waals surface area contributed by atoms with E-state index in [9.17, 15) is 4.79 Å². The minimum absolute atomic E-state index is 0.208. The molecular weight excluding hydrogens is 300 g/mol. The van der Waals surface area contributed by atoms with E-state index in [4.69, 9.17) is 16.0 Å². The number of carbonyl (C=O) groups excluding carboxylic acids is 1. The summed E-state index contributed by atoms with van der Waals surface area (Å²) in [4.78, 5) is 14.3. The summed E-state index contributed by atoms with van der Waals surface area (Å²) in [6.45, 7) is 7.28. The van der Waals surface area contributed by atoms with E-state index in [-0.39, 0.29) is 5.91 Å². The van der Waals surface area contributed by atoms with Gasteiger partial charge in [0.25, 0.3) is 5.91 Å². The number of hydrogen-bond acceptors (Lipinski definition) is 3. The van der Waals surface area contributed by atoms with Crippen LogP contribution in [0.2, 0.25) is 5.02 Å². The summed E-state index contributed by atoms with van der Waals surface area (Å²) in [5.41, 5.74) is 0.993. The minimum atomic E-state index is -0.208. The van der Waals surface area contributed by atoms with Crippen LogP contribution in [-0.2, 0) is 13.1 Å². The van der Waals surface area contributed by atoms with Gasteiger partial charge in [-0.1, -0.05) is 37.6 Å². The predicted molar refractivity (Wildman–Crippen MR) is 88.0 cm³/mol. The molecule has 0 saturated carbocycles. The summed E-state index contributed by atoms with van der Waals surface area (Å²) >= 11 is 5.83. The fraction of sp³-hybridized carbons (Fsp3) is 0.353. The van der Waals surface area contributed by atoms with Gasteiger partial charge in [-0.05, 0) is 42.9 Å². The van der Waals surface area contributed by atoms with Gasteiger partial charge in [0.05, 0.1) is 6.54 Å². The van der Waals surface area contributed by atoms with E-state index < -0.39 is 0 Å². The molecule has 2 rings (SSSR count). The van der Waals surface area contributed by atoms with Gasteiger partial charge in [-0.2, -0.15) is 0 Å². The van der Waals surface area contributed by atoms with Gasteiger partial charge in [0.1, 0.15) is 5.76 Å². The van der Waals surface area contributed by atoms with E-state index in [0.29, 0.717) is 17.3 Å². The Bertz CT molecular complexity index is 603. The van der Waals surface area contributed by atoms with Crippen molar-refractivity contribution in [1.82, 2.24) is 10.2 Å². The van der Waals surface area contributed by atoms with Gasteiger partial charge in [-0.15, -0.1) is 0 Å². The molecule has 1 amide bonds. The topological polar surface area (TPSA) is 45.5 Å². The van der Waals surface area contributed by atoms with Crippen molar-refractivity contribution in [2.75, 3.05) is 13.1 Å². The third-order valence-corrected chi connectivity index (χ3v) is 3.78. The van der Waals surface area contributed by atoms with Crippen molar-refractivity contribution >= 4 is 17.5 Å². The summed E-state index contributed by atoms with van der Waals surface area (Å²) in [6, 6.07) is 11.0. The maximum atomic E-state index is 12.1. The van der Waals surface area contributed by atoms with Gasteiger partial charge < -0.3 is 9.73 Å². The number of carbonyl (C=O) groups is 1. The molecule has 0 atom stereocenters. The van der Waals surface area contributed by atoms with Crippen LogP contribution in [0.5, 0.6) is 0 Å². The molecular formula is C17H21ClN2O2. The van der Waals surface area contributed by atoms with Crippen molar-refractivity contribution in [1.29, 1.82) is 0 Å². The fourth-order valence-corrected chi connectivity index (χ4v) is 2.25. The van der Waals surface area contributed by atoms with Crippen LogP contribution in [0.4, 0.5) is 0 Å². The molecule has 0 fully saturated rings. The van der Waals surface area contributed by atoms with Gasteiger partial charge in [0, 0.05) is 11.6 Å². The summed E-state index contributed by atoms with van der Waals surface area (Å²) in [6.07, 6.45) is 0. The quantitative estimate of drug-likeness (QED) is 0.846. The molecule has 1 N–H and O–H groups in total. The normalized spacial score (nSPS) is 10.9. The zero-order chi connectivity index (χ0) is 15.9. The highest BCUT2D eigenvalue weighted by molar-refractivity contribution is 6.30. The number of amides is 1. The van der Waals surface area contributed by atoms with E-state index in [1.54, 1.807) is 18.2 Å². The van der Waals surface area contributed by atoms with Crippen LogP contribution in [0.25, 0.3) is 0 Å². The summed E-state index contributed by atoms with van der Waals surface area (Å²) in [5.74, 6) is 0.942. The second kappa shape index (κ2) is 8.01. The Hall–Kier alpha value is -1.78. The lowest BCUT2D eigenvalue weighted by molar-refractivity contribution is 0.0919. The highest BCUT2D eigenvalue weighted by Crippen LogP contribution is 2.12. The number of hydrogen-bond donors (Lipinski definition) is 1. The average molecular weight is 321 g/mol. The molecule has 0 spiro atoms. The first-order chi connectivity index (χ1) is 10.6. The third-order valence-electron chi connectivity index (χ3n) is 3.53. The molecule has 22 heavy (non-hydrogen) atoms. The molecule has 0 unspecified atom stereocenters. The summed E-state index contributed by atoms with van der Waals surface area (Å²) < 4.78 is 5.61. The number of benzene rings is 1. The van der Waals surface area contributed by atoms with Gasteiger partial charge >= 0.3 is 0 Å². The first kappa shape index (κ1) is 16.6. The van der Waals surface area contributed by atoms with E-state index >= 15 is 0 Å². The van der Waals surface area contributed by atoms with Crippen LogP contribution < -0.4 is 5.32 Å². The zero-order valence-corrected chi connectivity index (χ0v) is 13.7. The van der Waals surface area contributed by atoms with Gasteiger partial charge in [0.2, 0.25) is 0 Å². The van der Waals surface area contributed by atoms with E-state index in [1.165, 1.54) is 0 Å². The smallest absolute Gasteiger partial charge is 0.287 e. The van der Waals surface area contributed by atoms with Crippen LogP contribution >= 0.6 is 11.6 Å². The maximum absolute atomic E-state index is 12.1. The van der Waals surface area contributed by atoms with Gasteiger partial charge in [-0.3, -0.25) is 9.69 Å². The van der Waals surface area contributed by atoms with Crippen LogP contribution in [-0.4, -0.2) is 23.9 Å². The Kier molecular flexibility index (Phi) is 6.04. The van der Waals surface area contributed by atoms with Crippen molar-refractivity contribution in [2.45, 2.75) is 26.9 Å². The molecule has 1 aromatic carbocycles. The molecule has 1 aromatic heterocycles. The van der Waals surface area contributed by atoms with Crippen molar-refractivity contribution in [3.63, 3.8) is 0 Å². The molecule has 0 aliphatic heterocycles. The lowest BCUT2D eigenvalue weighted by atomic mass is 10.2. The Labute approximate surface area is 136 Å². The lowest BCUT2D eigenvalue weighted by Crippen LogP contribution is -2.23. The molecule has 2 aromatic rings. The SMILES string of the molecule is CCN(CC)Cc1ccc(C(=O)NCc2ccc(Cl)cc2)o1. The monoisotopic (exact) mass is 320 g/mol. The van der Waals surface area contributed by atoms with E-state index in [1.807, 2.05) is 18.2 Å². The van der Waals surface area contributed by atoms with Crippen LogP contribution in [0.3, 0.4) is 0 Å². The molecule has 0 aliphatic rings. The second-order valence-corrected chi connectivity index (χ2v) is 5.47. The molecule has 0 bridgehead atoms. The highest BCUT2D eigenvalue weighted by Gasteiger charge is 2.12. The van der Waals surface area contributed by atoms with Gasteiger partial charge in [-0.25, -0.2) is 0 Å². The maximum Gasteiger partial charge on any atom is 0.287 e. The minimum Gasteiger partial charge on any atom is -0.455 e. The number of nitrogens with zero attached hydrogens (tertiary/aromatic N) is 1. The van der Waals surface area contributed by atoms with Crippen molar-refractivity contribution in [3.05, 3.63) is 58.5 Å². The third kappa shape index (κ3) is 4.61. The molecule has 1 heterocycles. The Morgan fingerprint density at radius 2 is 1.82 bits per heavy atom. The fourth-order valence-electron chi connectivity index (χ4n) is 2.12. The van der Waals surface area contributed by atoms with E-state index in [0.717, 1.165) is 31.0 Å². The van der Waals surface area contributed by atoms with Crippen molar-refractivity contribution < 1.29 is 9.21 Å². The van der Waals surface area contributed by atoms with Crippen LogP contribution in [0, 0.1) is 0 Å². The van der Waals surface area contributed by atoms with Gasteiger partial charge in [0.15, 0.2) is 5.76 Å². The van der Waals surface area contributed by atoms with Crippen molar-refractivity contribution in [3.8, 4) is 0 Å². The standard InChI is InChI=1S/C17H21ClN2O2/c1-3-20(4-2)12-15-9-10-16(22-15)17(21)19-11-13-5-7-14(18)8-6-13/h5-10H,3-4,11-12H2,1-2H3,(H,19,21). The molecule has 4 nitrogen and oxygen atoms in total. The number of rotatable bonds is 7. The Balaban J connectivity index is 1.90. The Morgan fingerprint density at radius 3 is 2.45 bits per heavy atom. The lowest BCUT2D eigenvalue weighted by Gasteiger charge is -2.15. The number of nitrogens with one attached hydrogen (secondary N) is 1. The largest absolute Gasteiger partial charge is 0.455 e. The van der Waals surface area contributed by atoms with Crippen LogP contribution in [0.15, 0.2) is 40.8 Å². The second-order valence-electron chi connectivity index (χ2n) is 5.04. The summed E-state index contributed by atoms with van der Waals surface area (Å²) in [5, 5.41) is 3.52. The Morgan fingerprint density at radius 1 is 1.14 bits per heavy atom. The molecule has 0 radical (unpaired) electrons. The molecule has 0 saturated heterocycles. The zero-order valence-electron chi connectivity index (χ0n) is 12.9. The average Bonchev–Trinajstić information content (AvgIpc) is 3.00. The van der Waals surface area contributed by atoms with Crippen LogP contribution in [0.1, 0.15) is 35.7 Å². The first-order valence-electron chi connectivity index (χ1n) is 7.46. The summed E-state index contributed by atoms with van der Waals surface area (Å²) in [7, 11) is 0. The highest BCUT2D eigenvalue weighted by atomic mass is 35.5. The molecule has 5 heteroatoms. The molecule has 0 aliphatic carbocycles. The van der Waals surface area contributed by atoms with Crippen molar-refractivity contribution in [2.24, 2.45) is 0 Å². The van der Waals surface area contributed by atoms with E-state index in [2.05, 4.69) is 24.1 Å². The molecule has 118 valence electrons. The first-order valence-corrected chi connectivity index (χ1v) is 7.83.